The van der Waals surface area contributed by atoms with Gasteiger partial charge in [-0.3, -0.25) is 9.69 Å². The average molecular weight is 334 g/mol. The number of halogens is 3. The Hall–Kier alpha value is -0.820. The Bertz CT molecular complexity index is 451. The SMILES string of the molecule is O=C(CC(F)(F)F)N1C[C@@H]2CN(C3CCCC3)CC[C@]2(CO)C1. The Labute approximate surface area is 134 Å². The van der Waals surface area contributed by atoms with Crippen LogP contribution in [0.25, 0.3) is 0 Å². The number of hydrogen-bond donors (Lipinski definition) is 1. The number of piperidine rings is 1. The molecule has 132 valence electrons. The fourth-order valence-corrected chi connectivity index (χ4v) is 4.64. The molecule has 1 amide bonds. The van der Waals surface area contributed by atoms with Crippen LogP contribution in [0.2, 0.25) is 0 Å². The highest BCUT2D eigenvalue weighted by atomic mass is 19.4. The molecule has 0 aromatic rings. The second-order valence-corrected chi connectivity index (χ2v) is 7.47. The van der Waals surface area contributed by atoms with Gasteiger partial charge in [0, 0.05) is 31.1 Å². The molecule has 2 saturated heterocycles. The molecule has 0 radical (unpaired) electrons. The molecule has 1 aliphatic carbocycles. The van der Waals surface area contributed by atoms with E-state index in [-0.39, 0.29) is 19.1 Å². The molecule has 0 spiro atoms. The van der Waals surface area contributed by atoms with Crippen LogP contribution in [0.3, 0.4) is 0 Å². The molecular weight excluding hydrogens is 309 g/mol. The van der Waals surface area contributed by atoms with Gasteiger partial charge in [0.1, 0.15) is 6.42 Å². The van der Waals surface area contributed by atoms with Crippen molar-refractivity contribution in [3.05, 3.63) is 0 Å². The minimum Gasteiger partial charge on any atom is -0.396 e. The summed E-state index contributed by atoms with van der Waals surface area (Å²) in [5.41, 5.74) is -0.406. The molecule has 0 aromatic heterocycles. The van der Waals surface area contributed by atoms with Crippen molar-refractivity contribution in [2.45, 2.75) is 50.7 Å². The Morgan fingerprint density at radius 3 is 2.52 bits per heavy atom. The maximum absolute atomic E-state index is 12.5. The predicted molar refractivity (Wildman–Crippen MR) is 78.7 cm³/mol. The number of carbonyl (C=O) groups excluding carboxylic acids is 1. The maximum atomic E-state index is 12.5. The lowest BCUT2D eigenvalue weighted by molar-refractivity contribution is -0.161. The largest absolute Gasteiger partial charge is 0.397 e. The van der Waals surface area contributed by atoms with Crippen LogP contribution in [-0.2, 0) is 4.79 Å². The number of hydrogen-bond acceptors (Lipinski definition) is 3. The summed E-state index contributed by atoms with van der Waals surface area (Å²) in [6.45, 7) is 2.23. The fraction of sp³-hybridized carbons (Fsp3) is 0.938. The first-order chi connectivity index (χ1) is 10.8. The number of nitrogens with zero attached hydrogens (tertiary/aromatic N) is 2. The summed E-state index contributed by atoms with van der Waals surface area (Å²) in [4.78, 5) is 15.7. The quantitative estimate of drug-likeness (QED) is 0.859. The smallest absolute Gasteiger partial charge is 0.396 e. The molecule has 0 bridgehead atoms. The second-order valence-electron chi connectivity index (χ2n) is 7.47. The summed E-state index contributed by atoms with van der Waals surface area (Å²) in [7, 11) is 0. The highest BCUT2D eigenvalue weighted by Crippen LogP contribution is 2.44. The fourth-order valence-electron chi connectivity index (χ4n) is 4.64. The summed E-state index contributed by atoms with van der Waals surface area (Å²) >= 11 is 0. The van der Waals surface area contributed by atoms with Crippen LogP contribution in [0.4, 0.5) is 13.2 Å². The number of likely N-dealkylation sites (tertiary alicyclic amines) is 2. The molecule has 0 aromatic carbocycles. The lowest BCUT2D eigenvalue weighted by Crippen LogP contribution is -2.51. The molecule has 1 N–H and O–H groups in total. The Morgan fingerprint density at radius 2 is 1.91 bits per heavy atom. The Balaban J connectivity index is 1.66. The van der Waals surface area contributed by atoms with E-state index in [1.54, 1.807) is 0 Å². The minimum absolute atomic E-state index is 0.0496. The number of alkyl halides is 3. The zero-order valence-corrected chi connectivity index (χ0v) is 13.3. The Kier molecular flexibility index (Phi) is 4.62. The van der Waals surface area contributed by atoms with Gasteiger partial charge in [0.25, 0.3) is 0 Å². The molecule has 4 nitrogen and oxygen atoms in total. The molecule has 0 unspecified atom stereocenters. The van der Waals surface area contributed by atoms with Crippen molar-refractivity contribution >= 4 is 5.91 Å². The van der Waals surface area contributed by atoms with Crippen molar-refractivity contribution in [1.29, 1.82) is 0 Å². The monoisotopic (exact) mass is 334 g/mol. The number of carbonyl (C=O) groups is 1. The first-order valence-corrected chi connectivity index (χ1v) is 8.52. The van der Waals surface area contributed by atoms with Gasteiger partial charge in [-0.15, -0.1) is 0 Å². The second kappa shape index (κ2) is 6.24. The first kappa shape index (κ1) is 17.0. The highest BCUT2D eigenvalue weighted by Gasteiger charge is 2.51. The van der Waals surface area contributed by atoms with Crippen LogP contribution in [0.15, 0.2) is 0 Å². The number of amides is 1. The van der Waals surface area contributed by atoms with E-state index < -0.39 is 23.9 Å². The number of aliphatic hydroxyl groups is 1. The summed E-state index contributed by atoms with van der Waals surface area (Å²) in [5, 5.41) is 9.86. The highest BCUT2D eigenvalue weighted by molar-refractivity contribution is 5.77. The van der Waals surface area contributed by atoms with Gasteiger partial charge < -0.3 is 10.0 Å². The van der Waals surface area contributed by atoms with Crippen molar-refractivity contribution in [2.24, 2.45) is 11.3 Å². The molecule has 3 rings (SSSR count). The zero-order chi connectivity index (χ0) is 16.7. The van der Waals surface area contributed by atoms with Crippen LogP contribution in [-0.4, -0.2) is 65.8 Å². The van der Waals surface area contributed by atoms with Crippen molar-refractivity contribution in [3.63, 3.8) is 0 Å². The molecule has 2 heterocycles. The normalized spacial score (nSPS) is 33.2. The van der Waals surface area contributed by atoms with Gasteiger partial charge in [-0.2, -0.15) is 13.2 Å². The van der Waals surface area contributed by atoms with E-state index in [0.717, 1.165) is 19.5 Å². The van der Waals surface area contributed by atoms with Gasteiger partial charge >= 0.3 is 6.18 Å². The van der Waals surface area contributed by atoms with Crippen LogP contribution >= 0.6 is 0 Å². The molecule has 23 heavy (non-hydrogen) atoms. The lowest BCUT2D eigenvalue weighted by atomic mass is 9.73. The van der Waals surface area contributed by atoms with Crippen molar-refractivity contribution in [3.8, 4) is 0 Å². The minimum atomic E-state index is -4.47. The lowest BCUT2D eigenvalue weighted by Gasteiger charge is -2.44. The molecule has 1 saturated carbocycles. The average Bonchev–Trinajstić information content (AvgIpc) is 3.12. The molecule has 7 heteroatoms. The van der Waals surface area contributed by atoms with Gasteiger partial charge in [-0.1, -0.05) is 12.8 Å². The number of fused-ring (bicyclic) bond motifs is 1. The summed E-state index contributed by atoms with van der Waals surface area (Å²) in [5.74, 6) is -0.772. The van der Waals surface area contributed by atoms with E-state index in [1.807, 2.05) is 0 Å². The standard InChI is InChI=1S/C16H25F3N2O2/c17-16(18,19)7-14(23)21-9-12-8-20(13-3-1-2-4-13)6-5-15(12,10-21)11-22/h12-13,22H,1-11H2/t12-,15+/m0/s1. The topological polar surface area (TPSA) is 43.8 Å². The van der Waals surface area contributed by atoms with Crippen LogP contribution < -0.4 is 0 Å². The van der Waals surface area contributed by atoms with E-state index in [1.165, 1.54) is 30.6 Å². The van der Waals surface area contributed by atoms with Gasteiger partial charge in [0.05, 0.1) is 6.61 Å². The molecule has 2 aliphatic heterocycles. The molecule has 3 aliphatic rings. The van der Waals surface area contributed by atoms with Crippen LogP contribution in [0.1, 0.15) is 38.5 Å². The van der Waals surface area contributed by atoms with Gasteiger partial charge in [-0.05, 0) is 31.7 Å². The third kappa shape index (κ3) is 3.50. The number of rotatable bonds is 3. The third-order valence-corrected chi connectivity index (χ3v) is 6.02. The third-order valence-electron chi connectivity index (χ3n) is 6.02. The summed E-state index contributed by atoms with van der Waals surface area (Å²) in [6, 6.07) is 0.576. The van der Waals surface area contributed by atoms with E-state index in [4.69, 9.17) is 0 Å². The van der Waals surface area contributed by atoms with Crippen molar-refractivity contribution in [2.75, 3.05) is 32.8 Å². The molecular formula is C16H25F3N2O2. The Morgan fingerprint density at radius 1 is 1.22 bits per heavy atom. The van der Waals surface area contributed by atoms with Crippen LogP contribution in [0.5, 0.6) is 0 Å². The van der Waals surface area contributed by atoms with Crippen molar-refractivity contribution in [1.82, 2.24) is 9.80 Å². The summed E-state index contributed by atoms with van der Waals surface area (Å²) < 4.78 is 37.4. The van der Waals surface area contributed by atoms with E-state index in [9.17, 15) is 23.1 Å². The van der Waals surface area contributed by atoms with E-state index in [0.29, 0.717) is 12.6 Å². The van der Waals surface area contributed by atoms with Crippen molar-refractivity contribution < 1.29 is 23.1 Å². The summed E-state index contributed by atoms with van der Waals surface area (Å²) in [6.07, 6.45) is -0.230. The first-order valence-electron chi connectivity index (χ1n) is 8.52. The van der Waals surface area contributed by atoms with Crippen LogP contribution in [0, 0.1) is 11.3 Å². The zero-order valence-electron chi connectivity index (χ0n) is 13.3. The number of aliphatic hydroxyl groups excluding tert-OH is 1. The van der Waals surface area contributed by atoms with Gasteiger partial charge in [-0.25, -0.2) is 0 Å². The van der Waals surface area contributed by atoms with Gasteiger partial charge in [0.2, 0.25) is 5.91 Å². The maximum Gasteiger partial charge on any atom is 0.397 e. The van der Waals surface area contributed by atoms with Gasteiger partial charge in [0.15, 0.2) is 0 Å². The molecule has 3 fully saturated rings. The predicted octanol–water partition coefficient (Wildman–Crippen LogP) is 2.02. The molecule has 2 atom stereocenters. The van der Waals surface area contributed by atoms with E-state index >= 15 is 0 Å². The van der Waals surface area contributed by atoms with E-state index in [2.05, 4.69) is 4.90 Å².